The number of hydrogen-bond donors (Lipinski definition) is 2. The summed E-state index contributed by atoms with van der Waals surface area (Å²) in [6.07, 6.45) is 3.14. The summed E-state index contributed by atoms with van der Waals surface area (Å²) in [6, 6.07) is 16.8. The average molecular weight is 395 g/mol. The Morgan fingerprint density at radius 3 is 2.68 bits per heavy atom. The largest absolute Gasteiger partial charge is 0.325 e. The fourth-order valence-corrected chi connectivity index (χ4v) is 4.66. The Kier molecular flexibility index (Phi) is 5.64. The third-order valence-corrected chi connectivity index (χ3v) is 5.98. The maximum Gasteiger partial charge on any atom is 0.325 e. The number of likely N-dealkylation sites (tertiary alicyclic amines) is 1. The number of nitrogens with one attached hydrogen (secondary N) is 2. The van der Waals surface area contributed by atoms with Crippen molar-refractivity contribution in [3.8, 4) is 0 Å². The number of imide groups is 1. The molecule has 0 saturated carbocycles. The van der Waals surface area contributed by atoms with Gasteiger partial charge in [0.2, 0.25) is 5.91 Å². The molecule has 144 valence electrons. The van der Waals surface area contributed by atoms with Gasteiger partial charge in [0.15, 0.2) is 0 Å². The van der Waals surface area contributed by atoms with E-state index in [1.54, 1.807) is 23.5 Å². The van der Waals surface area contributed by atoms with Crippen LogP contribution in [-0.2, 0) is 4.79 Å². The van der Waals surface area contributed by atoms with Crippen LogP contribution in [0.25, 0.3) is 10.2 Å². The van der Waals surface area contributed by atoms with Gasteiger partial charge in [-0.1, -0.05) is 36.8 Å². The molecule has 3 aromatic rings. The molecule has 1 saturated heterocycles. The minimum Gasteiger partial charge on any atom is -0.308 e. The van der Waals surface area contributed by atoms with Gasteiger partial charge < -0.3 is 5.32 Å². The summed E-state index contributed by atoms with van der Waals surface area (Å²) < 4.78 is 1.16. The van der Waals surface area contributed by atoms with Gasteiger partial charge >= 0.3 is 6.03 Å². The van der Waals surface area contributed by atoms with E-state index < -0.39 is 6.03 Å². The number of carbonyl (C=O) groups is 2. The van der Waals surface area contributed by atoms with E-state index in [9.17, 15) is 9.59 Å². The van der Waals surface area contributed by atoms with Gasteiger partial charge in [-0.15, -0.1) is 11.3 Å². The number of para-hydroxylation sites is 2. The van der Waals surface area contributed by atoms with E-state index in [-0.39, 0.29) is 18.5 Å². The predicted molar refractivity (Wildman–Crippen MR) is 111 cm³/mol. The Balaban J connectivity index is 1.40. The Morgan fingerprint density at radius 2 is 1.86 bits per heavy atom. The second kappa shape index (κ2) is 8.50. The topological polar surface area (TPSA) is 74.3 Å². The first-order valence-corrected chi connectivity index (χ1v) is 10.3. The SMILES string of the molecule is O=C(CN1CCCC[C@H]1c1nc2ccccc2s1)NC(=O)Nc1ccccc1. The molecule has 0 bridgehead atoms. The molecule has 1 aliphatic rings. The summed E-state index contributed by atoms with van der Waals surface area (Å²) in [6.45, 7) is 1.01. The van der Waals surface area contributed by atoms with E-state index in [0.29, 0.717) is 5.69 Å². The number of rotatable bonds is 4. The van der Waals surface area contributed by atoms with Crippen molar-refractivity contribution in [1.29, 1.82) is 0 Å². The van der Waals surface area contributed by atoms with Gasteiger partial charge in [-0.25, -0.2) is 9.78 Å². The summed E-state index contributed by atoms with van der Waals surface area (Å²) in [7, 11) is 0. The second-order valence-electron chi connectivity index (χ2n) is 6.87. The van der Waals surface area contributed by atoms with Crippen LogP contribution in [0.2, 0.25) is 0 Å². The highest BCUT2D eigenvalue weighted by Crippen LogP contribution is 2.35. The molecule has 2 N–H and O–H groups in total. The average Bonchev–Trinajstić information content (AvgIpc) is 3.13. The van der Waals surface area contributed by atoms with Crippen LogP contribution in [0.1, 0.15) is 30.3 Å². The standard InChI is InChI=1S/C21H22N4O2S/c26-19(24-21(27)22-15-8-2-1-3-9-15)14-25-13-7-6-11-17(25)20-23-16-10-4-5-12-18(16)28-20/h1-5,8-10,12,17H,6-7,11,13-14H2,(H2,22,24,26,27)/t17-/m0/s1. The zero-order chi connectivity index (χ0) is 19.3. The first kappa shape index (κ1) is 18.6. The lowest BCUT2D eigenvalue weighted by atomic mass is 10.0. The first-order valence-electron chi connectivity index (χ1n) is 9.44. The van der Waals surface area contributed by atoms with Crippen LogP contribution >= 0.6 is 11.3 Å². The van der Waals surface area contributed by atoms with Gasteiger partial charge in [-0.2, -0.15) is 0 Å². The Hall–Kier alpha value is -2.77. The van der Waals surface area contributed by atoms with Crippen molar-refractivity contribution in [1.82, 2.24) is 15.2 Å². The summed E-state index contributed by atoms with van der Waals surface area (Å²) in [4.78, 5) is 31.4. The molecule has 28 heavy (non-hydrogen) atoms. The van der Waals surface area contributed by atoms with Crippen molar-refractivity contribution in [2.75, 3.05) is 18.4 Å². The number of piperidine rings is 1. The fraction of sp³-hybridized carbons (Fsp3) is 0.286. The van der Waals surface area contributed by atoms with Gasteiger partial charge in [0.05, 0.1) is 22.8 Å². The van der Waals surface area contributed by atoms with E-state index in [1.807, 2.05) is 36.4 Å². The second-order valence-corrected chi connectivity index (χ2v) is 7.93. The predicted octanol–water partition coefficient (Wildman–Crippen LogP) is 4.17. The summed E-state index contributed by atoms with van der Waals surface area (Å²) in [5.41, 5.74) is 1.65. The Labute approximate surface area is 167 Å². The number of aromatic nitrogens is 1. The minimum absolute atomic E-state index is 0.120. The van der Waals surface area contributed by atoms with E-state index >= 15 is 0 Å². The third kappa shape index (κ3) is 4.37. The highest BCUT2D eigenvalue weighted by atomic mass is 32.1. The monoisotopic (exact) mass is 394 g/mol. The molecule has 0 unspecified atom stereocenters. The van der Waals surface area contributed by atoms with Crippen LogP contribution in [0, 0.1) is 0 Å². The molecule has 3 amide bonds. The Bertz CT molecular complexity index is 940. The molecule has 6 nitrogen and oxygen atoms in total. The van der Waals surface area contributed by atoms with Crippen molar-refractivity contribution in [2.24, 2.45) is 0 Å². The van der Waals surface area contributed by atoms with E-state index in [1.165, 1.54) is 0 Å². The van der Waals surface area contributed by atoms with E-state index in [4.69, 9.17) is 4.98 Å². The van der Waals surface area contributed by atoms with Gasteiger partial charge in [0.25, 0.3) is 0 Å². The van der Waals surface area contributed by atoms with Crippen molar-refractivity contribution in [2.45, 2.75) is 25.3 Å². The molecule has 0 spiro atoms. The molecular formula is C21H22N4O2S. The molecule has 0 aliphatic carbocycles. The highest BCUT2D eigenvalue weighted by molar-refractivity contribution is 7.18. The lowest BCUT2D eigenvalue weighted by Gasteiger charge is -2.33. The molecule has 4 rings (SSSR count). The number of fused-ring (bicyclic) bond motifs is 1. The Morgan fingerprint density at radius 1 is 1.07 bits per heavy atom. The zero-order valence-electron chi connectivity index (χ0n) is 15.4. The van der Waals surface area contributed by atoms with E-state index in [2.05, 4.69) is 21.6 Å². The molecule has 1 aliphatic heterocycles. The number of amides is 3. The van der Waals surface area contributed by atoms with E-state index in [0.717, 1.165) is 41.0 Å². The van der Waals surface area contributed by atoms with Crippen LogP contribution in [-0.4, -0.2) is 34.9 Å². The molecular weight excluding hydrogens is 372 g/mol. The number of hydrogen-bond acceptors (Lipinski definition) is 5. The number of anilines is 1. The normalized spacial score (nSPS) is 17.4. The molecule has 7 heteroatoms. The molecule has 2 heterocycles. The summed E-state index contributed by atoms with van der Waals surface area (Å²) in [5.74, 6) is -0.304. The van der Waals surface area contributed by atoms with Gasteiger partial charge in [-0.3, -0.25) is 15.0 Å². The maximum absolute atomic E-state index is 12.4. The summed E-state index contributed by atoms with van der Waals surface area (Å²) >= 11 is 1.69. The number of carbonyl (C=O) groups excluding carboxylic acids is 2. The number of nitrogens with zero attached hydrogens (tertiary/aromatic N) is 2. The van der Waals surface area contributed by atoms with Crippen molar-refractivity contribution in [3.05, 3.63) is 59.6 Å². The first-order chi connectivity index (χ1) is 13.7. The zero-order valence-corrected chi connectivity index (χ0v) is 16.2. The number of benzene rings is 2. The van der Waals surface area contributed by atoms with Gasteiger partial charge in [0.1, 0.15) is 5.01 Å². The summed E-state index contributed by atoms with van der Waals surface area (Å²) in [5, 5.41) is 6.14. The van der Waals surface area contributed by atoms with Crippen molar-refractivity contribution >= 4 is 39.2 Å². The number of thiazole rings is 1. The van der Waals surface area contributed by atoms with Crippen LogP contribution in [0.15, 0.2) is 54.6 Å². The fourth-order valence-electron chi connectivity index (χ4n) is 3.53. The molecule has 0 radical (unpaired) electrons. The smallest absolute Gasteiger partial charge is 0.308 e. The van der Waals surface area contributed by atoms with Crippen molar-refractivity contribution < 1.29 is 9.59 Å². The van der Waals surface area contributed by atoms with Gasteiger partial charge in [0, 0.05) is 5.69 Å². The van der Waals surface area contributed by atoms with Crippen LogP contribution < -0.4 is 10.6 Å². The lowest BCUT2D eigenvalue weighted by Crippen LogP contribution is -2.44. The maximum atomic E-state index is 12.4. The minimum atomic E-state index is -0.509. The van der Waals surface area contributed by atoms with Crippen LogP contribution in [0.3, 0.4) is 0 Å². The quantitative estimate of drug-likeness (QED) is 0.696. The molecule has 1 aromatic heterocycles. The third-order valence-electron chi connectivity index (χ3n) is 4.84. The van der Waals surface area contributed by atoms with Crippen molar-refractivity contribution in [3.63, 3.8) is 0 Å². The molecule has 1 atom stereocenters. The highest BCUT2D eigenvalue weighted by Gasteiger charge is 2.28. The van der Waals surface area contributed by atoms with Crippen LogP contribution in [0.5, 0.6) is 0 Å². The van der Waals surface area contributed by atoms with Gasteiger partial charge in [-0.05, 0) is 43.7 Å². The number of urea groups is 1. The molecule has 2 aromatic carbocycles. The molecule has 1 fully saturated rings. The lowest BCUT2D eigenvalue weighted by molar-refractivity contribution is -0.122. The van der Waals surface area contributed by atoms with Crippen LogP contribution in [0.4, 0.5) is 10.5 Å².